The van der Waals surface area contributed by atoms with Crippen LogP contribution >= 0.6 is 11.6 Å². The smallest absolute Gasteiger partial charge is 0.156 e. The minimum atomic E-state index is 0.141. The lowest BCUT2D eigenvalue weighted by Gasteiger charge is -2.11. The molecule has 1 N–H and O–H groups in total. The van der Waals surface area contributed by atoms with E-state index >= 15 is 0 Å². The number of benzene rings is 1. The van der Waals surface area contributed by atoms with E-state index in [-0.39, 0.29) is 10.7 Å². The zero-order valence-corrected chi connectivity index (χ0v) is 11.7. The maximum absolute atomic E-state index is 11.0. The molecule has 6 heteroatoms. The number of aldehydes is 1. The second kappa shape index (κ2) is 6.98. The Kier molecular flexibility index (Phi) is 5.03. The average Bonchev–Trinajstić information content (AvgIpc) is 2.47. The molecule has 0 bridgehead atoms. The highest BCUT2D eigenvalue weighted by atomic mass is 35.5. The van der Waals surface area contributed by atoms with Gasteiger partial charge in [0.05, 0.1) is 12.2 Å². The van der Waals surface area contributed by atoms with Crippen LogP contribution in [0.25, 0.3) is 0 Å². The number of hydrogen-bond acceptors (Lipinski definition) is 5. The van der Waals surface area contributed by atoms with Gasteiger partial charge in [0.2, 0.25) is 0 Å². The van der Waals surface area contributed by atoms with Crippen molar-refractivity contribution < 1.29 is 9.53 Å². The molecule has 0 radical (unpaired) electrons. The molecule has 0 fully saturated rings. The van der Waals surface area contributed by atoms with Crippen LogP contribution in [0.15, 0.2) is 30.6 Å². The molecule has 0 unspecified atom stereocenters. The summed E-state index contributed by atoms with van der Waals surface area (Å²) in [6.07, 6.45) is 1.96. The predicted molar refractivity (Wildman–Crippen MR) is 76.9 cm³/mol. The van der Waals surface area contributed by atoms with E-state index in [1.165, 1.54) is 6.33 Å². The van der Waals surface area contributed by atoms with E-state index < -0.39 is 0 Å². The average molecular weight is 292 g/mol. The Balaban J connectivity index is 2.17. The van der Waals surface area contributed by atoms with Crippen LogP contribution in [-0.4, -0.2) is 23.4 Å². The fourth-order valence-corrected chi connectivity index (χ4v) is 2.00. The molecule has 1 aromatic heterocycles. The number of methoxy groups -OCH3 is 1. The third-order valence-corrected chi connectivity index (χ3v) is 3.12. The Morgan fingerprint density at radius 2 is 2.05 bits per heavy atom. The molecular weight excluding hydrogens is 278 g/mol. The van der Waals surface area contributed by atoms with Crippen molar-refractivity contribution >= 4 is 23.7 Å². The molecule has 0 atom stereocenters. The Labute approximate surface area is 122 Å². The van der Waals surface area contributed by atoms with Gasteiger partial charge in [-0.25, -0.2) is 9.97 Å². The normalized spacial score (nSPS) is 10.3. The molecule has 0 aliphatic rings. The monoisotopic (exact) mass is 291 g/mol. The standard InChI is InChI=1S/C14H14ClN3O2/c1-20-8-11-5-3-2-4-10(11)6-16-14-12(7-19)13(15)17-9-18-14/h2-5,7,9H,6,8H2,1H3,(H,16,17,18). The first-order valence-electron chi connectivity index (χ1n) is 6.01. The molecule has 0 spiro atoms. The van der Waals surface area contributed by atoms with Crippen LogP contribution in [0, 0.1) is 0 Å². The third kappa shape index (κ3) is 3.31. The van der Waals surface area contributed by atoms with E-state index in [0.717, 1.165) is 11.1 Å². The summed E-state index contributed by atoms with van der Waals surface area (Å²) < 4.78 is 5.15. The number of nitrogens with zero attached hydrogens (tertiary/aromatic N) is 2. The molecule has 20 heavy (non-hydrogen) atoms. The molecule has 1 heterocycles. The Bertz CT molecular complexity index is 605. The minimum absolute atomic E-state index is 0.141. The molecule has 2 rings (SSSR count). The summed E-state index contributed by atoms with van der Waals surface area (Å²) in [5, 5.41) is 3.24. The van der Waals surface area contributed by atoms with E-state index in [1.54, 1.807) is 7.11 Å². The van der Waals surface area contributed by atoms with Gasteiger partial charge in [-0.1, -0.05) is 35.9 Å². The predicted octanol–water partition coefficient (Wildman–Crippen LogP) is 2.70. The number of anilines is 1. The van der Waals surface area contributed by atoms with Gasteiger partial charge in [-0.15, -0.1) is 0 Å². The summed E-state index contributed by atoms with van der Waals surface area (Å²) in [7, 11) is 1.65. The van der Waals surface area contributed by atoms with E-state index in [1.807, 2.05) is 24.3 Å². The first-order valence-corrected chi connectivity index (χ1v) is 6.39. The molecule has 0 saturated carbocycles. The molecule has 0 amide bonds. The molecule has 5 nitrogen and oxygen atoms in total. The molecule has 0 aliphatic heterocycles. The van der Waals surface area contributed by atoms with Gasteiger partial charge in [0.25, 0.3) is 0 Å². The maximum atomic E-state index is 11.0. The SMILES string of the molecule is COCc1ccccc1CNc1ncnc(Cl)c1C=O. The Hall–Kier alpha value is -1.98. The lowest BCUT2D eigenvalue weighted by Crippen LogP contribution is -2.07. The highest BCUT2D eigenvalue weighted by molar-refractivity contribution is 6.32. The first kappa shape index (κ1) is 14.4. The molecule has 0 saturated heterocycles. The van der Waals surface area contributed by atoms with Gasteiger partial charge >= 0.3 is 0 Å². The Morgan fingerprint density at radius 1 is 1.30 bits per heavy atom. The number of halogens is 1. The van der Waals surface area contributed by atoms with Crippen molar-refractivity contribution in [3.63, 3.8) is 0 Å². The van der Waals surface area contributed by atoms with Crippen molar-refractivity contribution in [2.24, 2.45) is 0 Å². The van der Waals surface area contributed by atoms with Gasteiger partial charge in [-0.3, -0.25) is 4.79 Å². The summed E-state index contributed by atoms with van der Waals surface area (Å²) in [4.78, 5) is 18.8. The van der Waals surface area contributed by atoms with Crippen LogP contribution in [0.4, 0.5) is 5.82 Å². The van der Waals surface area contributed by atoms with Crippen molar-refractivity contribution in [2.75, 3.05) is 12.4 Å². The maximum Gasteiger partial charge on any atom is 0.156 e. The number of hydrogen-bond donors (Lipinski definition) is 1. The summed E-state index contributed by atoms with van der Waals surface area (Å²) in [6, 6.07) is 7.89. The van der Waals surface area contributed by atoms with Crippen LogP contribution in [0.1, 0.15) is 21.5 Å². The van der Waals surface area contributed by atoms with Gasteiger partial charge in [-0.2, -0.15) is 0 Å². The van der Waals surface area contributed by atoms with E-state index in [0.29, 0.717) is 25.3 Å². The number of ether oxygens (including phenoxy) is 1. The summed E-state index contributed by atoms with van der Waals surface area (Å²) >= 11 is 5.85. The molecule has 2 aromatic rings. The van der Waals surface area contributed by atoms with Crippen LogP contribution in [-0.2, 0) is 17.9 Å². The van der Waals surface area contributed by atoms with Gasteiger partial charge in [-0.05, 0) is 11.1 Å². The number of nitrogens with one attached hydrogen (secondary N) is 1. The summed E-state index contributed by atoms with van der Waals surface area (Å²) in [6.45, 7) is 1.05. The van der Waals surface area contributed by atoms with E-state index in [4.69, 9.17) is 16.3 Å². The second-order valence-electron chi connectivity index (χ2n) is 4.10. The highest BCUT2D eigenvalue weighted by Gasteiger charge is 2.09. The lowest BCUT2D eigenvalue weighted by atomic mass is 10.1. The first-order chi connectivity index (χ1) is 9.76. The molecule has 104 valence electrons. The summed E-state index contributed by atoms with van der Waals surface area (Å²) in [5.41, 5.74) is 2.41. The van der Waals surface area contributed by atoms with Crippen molar-refractivity contribution in [3.05, 3.63) is 52.4 Å². The quantitative estimate of drug-likeness (QED) is 0.655. The van der Waals surface area contributed by atoms with Crippen molar-refractivity contribution in [1.82, 2.24) is 9.97 Å². The number of carbonyl (C=O) groups is 1. The molecule has 0 aliphatic carbocycles. The fraction of sp³-hybridized carbons (Fsp3) is 0.214. The second-order valence-corrected chi connectivity index (χ2v) is 4.46. The van der Waals surface area contributed by atoms with Crippen LogP contribution in [0.5, 0.6) is 0 Å². The Morgan fingerprint density at radius 3 is 2.75 bits per heavy atom. The van der Waals surface area contributed by atoms with Gasteiger partial charge in [0.15, 0.2) is 6.29 Å². The topological polar surface area (TPSA) is 64.1 Å². The van der Waals surface area contributed by atoms with Crippen LogP contribution in [0.3, 0.4) is 0 Å². The number of carbonyl (C=O) groups excluding carboxylic acids is 1. The van der Waals surface area contributed by atoms with Gasteiger partial charge < -0.3 is 10.1 Å². The minimum Gasteiger partial charge on any atom is -0.380 e. The van der Waals surface area contributed by atoms with Gasteiger partial charge in [0, 0.05) is 13.7 Å². The zero-order valence-electron chi connectivity index (χ0n) is 11.0. The van der Waals surface area contributed by atoms with E-state index in [9.17, 15) is 4.79 Å². The largest absolute Gasteiger partial charge is 0.380 e. The van der Waals surface area contributed by atoms with Crippen molar-refractivity contribution in [3.8, 4) is 0 Å². The van der Waals surface area contributed by atoms with Crippen molar-refractivity contribution in [2.45, 2.75) is 13.2 Å². The van der Waals surface area contributed by atoms with Crippen LogP contribution in [0.2, 0.25) is 5.15 Å². The highest BCUT2D eigenvalue weighted by Crippen LogP contribution is 2.19. The molecular formula is C14H14ClN3O2. The van der Waals surface area contributed by atoms with Gasteiger partial charge in [0.1, 0.15) is 17.3 Å². The molecule has 1 aromatic carbocycles. The fourth-order valence-electron chi connectivity index (χ4n) is 1.82. The summed E-state index contributed by atoms with van der Waals surface area (Å²) in [5.74, 6) is 0.423. The van der Waals surface area contributed by atoms with Crippen molar-refractivity contribution in [1.29, 1.82) is 0 Å². The zero-order chi connectivity index (χ0) is 14.4. The number of aromatic nitrogens is 2. The van der Waals surface area contributed by atoms with E-state index in [2.05, 4.69) is 15.3 Å². The van der Waals surface area contributed by atoms with Crippen LogP contribution < -0.4 is 5.32 Å². The number of rotatable bonds is 6. The third-order valence-electron chi connectivity index (χ3n) is 2.82. The lowest BCUT2D eigenvalue weighted by molar-refractivity contribution is 0.112.